The highest BCUT2D eigenvalue weighted by atomic mass is 35.5. The van der Waals surface area contributed by atoms with Crippen molar-refractivity contribution in [3.05, 3.63) is 12.0 Å². The summed E-state index contributed by atoms with van der Waals surface area (Å²) in [4.78, 5) is 3.96. The van der Waals surface area contributed by atoms with Crippen LogP contribution in [-0.2, 0) is 0 Å². The number of nitrogens with zero attached hydrogens (tertiary/aromatic N) is 4. The first-order valence-electron chi connectivity index (χ1n) is 2.98. The molecule has 64 valence electrons. The van der Waals surface area contributed by atoms with Crippen LogP contribution in [0.3, 0.4) is 0 Å². The van der Waals surface area contributed by atoms with Crippen LogP contribution in [0.5, 0.6) is 0 Å². The molecular weight excluding hydrogens is 166 g/mol. The van der Waals surface area contributed by atoms with E-state index in [1.54, 1.807) is 0 Å². The number of nitrogens with two attached hydrogens (primary N) is 1. The number of hydrogen-bond acceptors (Lipinski definition) is 4. The number of hydrogen-bond donors (Lipinski definition) is 1. The van der Waals surface area contributed by atoms with E-state index in [-0.39, 0.29) is 12.4 Å². The van der Waals surface area contributed by atoms with Gasteiger partial charge in [0.25, 0.3) is 0 Å². The topological polar surface area (TPSA) is 57.2 Å². The Kier molecular flexibility index (Phi) is 3.67. The highest BCUT2D eigenvalue weighted by Gasteiger charge is 2.12. The van der Waals surface area contributed by atoms with E-state index in [4.69, 9.17) is 5.84 Å². The molecule has 0 aromatic heterocycles. The van der Waals surface area contributed by atoms with Gasteiger partial charge in [0.05, 0.1) is 6.67 Å². The number of rotatable bonds is 1. The maximum Gasteiger partial charge on any atom is 0.170 e. The molecule has 1 rings (SSSR count). The minimum absolute atomic E-state index is 0. The van der Waals surface area contributed by atoms with Gasteiger partial charge in [-0.05, 0) is 0 Å². The fraction of sp³-hybridized carbons (Fsp3) is 0.600. The predicted molar refractivity (Wildman–Crippen MR) is 44.8 cm³/mol. The summed E-state index contributed by atoms with van der Waals surface area (Å²) < 4.78 is 0. The van der Waals surface area contributed by atoms with E-state index in [9.17, 15) is 0 Å². The summed E-state index contributed by atoms with van der Waals surface area (Å²) >= 11 is 0. The van der Waals surface area contributed by atoms with Crippen molar-refractivity contribution >= 4 is 12.4 Å². The van der Waals surface area contributed by atoms with Crippen molar-refractivity contribution in [2.75, 3.05) is 20.8 Å². The first-order chi connectivity index (χ1) is 4.74. The highest BCUT2D eigenvalue weighted by molar-refractivity contribution is 5.85. The largest absolute Gasteiger partial charge is 0.360 e. The lowest BCUT2D eigenvalue weighted by molar-refractivity contribution is 0.324. The van der Waals surface area contributed by atoms with E-state index in [0.29, 0.717) is 0 Å². The van der Waals surface area contributed by atoms with Crippen molar-refractivity contribution < 1.29 is 0 Å². The Balaban J connectivity index is 0.000001000. The first-order valence-corrected chi connectivity index (χ1v) is 2.98. The highest BCUT2D eigenvalue weighted by Crippen LogP contribution is 2.11. The van der Waals surface area contributed by atoms with Crippen LogP contribution in [0.2, 0.25) is 0 Å². The van der Waals surface area contributed by atoms with Gasteiger partial charge >= 0.3 is 0 Å². The maximum absolute atomic E-state index is 4.89. The molecule has 0 aromatic rings. The van der Waals surface area contributed by atoms with E-state index < -0.39 is 0 Å². The quantitative estimate of drug-likeness (QED) is 0.358. The molecule has 5 nitrogen and oxygen atoms in total. The second kappa shape index (κ2) is 4.02. The lowest BCUT2D eigenvalue weighted by Gasteiger charge is -2.12. The normalized spacial score (nSPS) is 17.1. The molecule has 0 saturated heterocycles. The zero-order valence-corrected chi connectivity index (χ0v) is 7.38. The van der Waals surface area contributed by atoms with Crippen molar-refractivity contribution in [2.45, 2.75) is 0 Å². The van der Waals surface area contributed by atoms with Crippen LogP contribution < -0.4 is 5.84 Å². The summed E-state index contributed by atoms with van der Waals surface area (Å²) in [6.45, 7) is 0.842. The lowest BCUT2D eigenvalue weighted by Crippen LogP contribution is -2.19. The van der Waals surface area contributed by atoms with Crippen LogP contribution in [-0.4, -0.2) is 30.6 Å². The molecule has 0 aliphatic carbocycles. The zero-order chi connectivity index (χ0) is 7.56. The minimum Gasteiger partial charge on any atom is -0.360 e. The standard InChI is InChI=1S/C5H11N5.ClH/c1-9-3-5(7-8-6)10(2)4-9;/h3H,4H2,1-2H3,(H2,6,7);1H. The summed E-state index contributed by atoms with van der Waals surface area (Å²) in [6.07, 6.45) is 1.89. The monoisotopic (exact) mass is 177 g/mol. The maximum atomic E-state index is 4.89. The Morgan fingerprint density at radius 3 is 2.55 bits per heavy atom. The Bertz CT molecular complexity index is 178. The van der Waals surface area contributed by atoms with Crippen LogP contribution in [0.25, 0.3) is 0 Å². The van der Waals surface area contributed by atoms with Gasteiger partial charge in [-0.3, -0.25) is 0 Å². The minimum atomic E-state index is 0. The SMILES string of the molecule is CN1C=C(N=NN)N(C)C1.Cl. The van der Waals surface area contributed by atoms with Crippen molar-refractivity contribution in [3.8, 4) is 0 Å². The third-order valence-electron chi connectivity index (χ3n) is 1.32. The second-order valence-electron chi connectivity index (χ2n) is 2.30. The first kappa shape index (κ1) is 10.0. The molecule has 2 N–H and O–H groups in total. The van der Waals surface area contributed by atoms with Crippen molar-refractivity contribution in [2.24, 2.45) is 16.2 Å². The second-order valence-corrected chi connectivity index (χ2v) is 2.30. The molecule has 0 amide bonds. The Morgan fingerprint density at radius 2 is 2.18 bits per heavy atom. The van der Waals surface area contributed by atoms with Crippen molar-refractivity contribution in [1.29, 1.82) is 0 Å². The Labute approximate surface area is 71.9 Å². The average Bonchev–Trinajstić information content (AvgIpc) is 2.13. The summed E-state index contributed by atoms with van der Waals surface area (Å²) in [7, 11) is 3.90. The smallest absolute Gasteiger partial charge is 0.170 e. The third kappa shape index (κ3) is 2.27. The van der Waals surface area contributed by atoms with Crippen LogP contribution >= 0.6 is 12.4 Å². The van der Waals surface area contributed by atoms with Gasteiger partial charge in [0, 0.05) is 20.3 Å². The van der Waals surface area contributed by atoms with Gasteiger partial charge in [0.15, 0.2) is 5.82 Å². The third-order valence-corrected chi connectivity index (χ3v) is 1.32. The molecule has 0 bridgehead atoms. The summed E-state index contributed by atoms with van der Waals surface area (Å²) in [5.74, 6) is 5.68. The van der Waals surface area contributed by atoms with E-state index in [2.05, 4.69) is 10.3 Å². The zero-order valence-electron chi connectivity index (χ0n) is 6.56. The lowest BCUT2D eigenvalue weighted by atomic mass is 10.7. The molecule has 1 aliphatic heterocycles. The Hall–Kier alpha value is -0.970. The van der Waals surface area contributed by atoms with E-state index in [1.165, 1.54) is 0 Å². The van der Waals surface area contributed by atoms with E-state index >= 15 is 0 Å². The molecule has 0 fully saturated rings. The molecule has 6 heteroatoms. The summed E-state index contributed by atoms with van der Waals surface area (Å²) in [5.41, 5.74) is 0. The van der Waals surface area contributed by atoms with Gasteiger partial charge in [0.1, 0.15) is 0 Å². The van der Waals surface area contributed by atoms with E-state index in [0.717, 1.165) is 12.5 Å². The Morgan fingerprint density at radius 1 is 1.55 bits per heavy atom. The molecule has 0 aromatic carbocycles. The van der Waals surface area contributed by atoms with Crippen molar-refractivity contribution in [3.63, 3.8) is 0 Å². The average molecular weight is 178 g/mol. The van der Waals surface area contributed by atoms with Crippen molar-refractivity contribution in [1.82, 2.24) is 9.80 Å². The summed E-state index contributed by atoms with van der Waals surface area (Å²) in [6, 6.07) is 0. The van der Waals surface area contributed by atoms with E-state index in [1.807, 2.05) is 30.1 Å². The molecule has 0 radical (unpaired) electrons. The summed E-state index contributed by atoms with van der Waals surface area (Å²) in [5, 5.41) is 6.89. The molecular formula is C5H12ClN5. The van der Waals surface area contributed by atoms with Gasteiger partial charge in [-0.15, -0.1) is 17.5 Å². The molecule has 0 spiro atoms. The van der Waals surface area contributed by atoms with Crippen LogP contribution in [0.15, 0.2) is 22.4 Å². The molecule has 1 aliphatic rings. The van der Waals surface area contributed by atoms with Crippen LogP contribution in [0.1, 0.15) is 0 Å². The molecule has 0 saturated carbocycles. The predicted octanol–water partition coefficient (Wildman–Crippen LogP) is 0.368. The van der Waals surface area contributed by atoms with Crippen LogP contribution in [0.4, 0.5) is 0 Å². The molecule has 11 heavy (non-hydrogen) atoms. The van der Waals surface area contributed by atoms with Gasteiger partial charge in [-0.25, -0.2) is 0 Å². The van der Waals surface area contributed by atoms with Gasteiger partial charge in [-0.2, -0.15) is 0 Å². The fourth-order valence-corrected chi connectivity index (χ4v) is 0.905. The van der Waals surface area contributed by atoms with Crippen LogP contribution in [0, 0.1) is 0 Å². The number of halogens is 1. The molecule has 1 heterocycles. The fourth-order valence-electron chi connectivity index (χ4n) is 0.905. The molecule has 0 atom stereocenters. The van der Waals surface area contributed by atoms with Gasteiger partial charge in [-0.1, -0.05) is 5.22 Å². The molecule has 0 unspecified atom stereocenters. The van der Waals surface area contributed by atoms with Gasteiger partial charge < -0.3 is 15.6 Å². The van der Waals surface area contributed by atoms with Gasteiger partial charge in [0.2, 0.25) is 0 Å².